The topological polar surface area (TPSA) is 63.9 Å². The summed E-state index contributed by atoms with van der Waals surface area (Å²) in [7, 11) is 0. The van der Waals surface area contributed by atoms with E-state index in [4.69, 9.17) is 0 Å². The summed E-state index contributed by atoms with van der Waals surface area (Å²) in [6.07, 6.45) is 7.51. The summed E-state index contributed by atoms with van der Waals surface area (Å²) < 4.78 is 2.15. The Labute approximate surface area is 150 Å². The second kappa shape index (κ2) is 7.14. The van der Waals surface area contributed by atoms with Crippen molar-refractivity contribution in [3.05, 3.63) is 64.9 Å². The number of piperidine rings is 1. The van der Waals surface area contributed by atoms with Gasteiger partial charge in [-0.3, -0.25) is 9.78 Å². The van der Waals surface area contributed by atoms with E-state index in [-0.39, 0.29) is 11.8 Å². The summed E-state index contributed by atoms with van der Waals surface area (Å²) in [5.41, 5.74) is 3.40. The van der Waals surface area contributed by atoms with Crippen molar-refractivity contribution in [1.29, 1.82) is 0 Å². The van der Waals surface area contributed by atoms with E-state index in [1.807, 2.05) is 34.9 Å². The molecule has 1 saturated heterocycles. The maximum absolute atomic E-state index is 12.7. The van der Waals surface area contributed by atoms with E-state index in [9.17, 15) is 4.79 Å². The van der Waals surface area contributed by atoms with Crippen LogP contribution in [0.15, 0.2) is 47.7 Å². The van der Waals surface area contributed by atoms with Gasteiger partial charge in [-0.05, 0) is 25.0 Å². The zero-order valence-electron chi connectivity index (χ0n) is 13.8. The highest BCUT2D eigenvalue weighted by Gasteiger charge is 2.28. The first-order valence-corrected chi connectivity index (χ1v) is 9.34. The zero-order valence-corrected chi connectivity index (χ0v) is 14.6. The quantitative estimate of drug-likeness (QED) is 0.723. The molecule has 0 saturated carbocycles. The molecular weight excluding hydrogens is 334 g/mol. The first-order valence-electron chi connectivity index (χ1n) is 8.39. The Bertz CT molecular complexity index is 830. The van der Waals surface area contributed by atoms with Crippen LogP contribution in [0.5, 0.6) is 0 Å². The van der Waals surface area contributed by atoms with Crippen LogP contribution in [-0.2, 0) is 6.54 Å². The Kier molecular flexibility index (Phi) is 4.56. The Balaban J connectivity index is 1.50. The summed E-state index contributed by atoms with van der Waals surface area (Å²) in [5.74, 6) is 1.28. The van der Waals surface area contributed by atoms with Crippen molar-refractivity contribution >= 4 is 17.2 Å². The fourth-order valence-corrected chi connectivity index (χ4v) is 3.88. The van der Waals surface area contributed by atoms with Crippen molar-refractivity contribution in [2.24, 2.45) is 0 Å². The number of hydrogen-bond donors (Lipinski definition) is 0. The maximum atomic E-state index is 12.7. The third-order valence-corrected chi connectivity index (χ3v) is 5.16. The van der Waals surface area contributed by atoms with Crippen molar-refractivity contribution in [2.45, 2.75) is 25.3 Å². The largest absolute Gasteiger partial charge is 0.337 e. The van der Waals surface area contributed by atoms with Crippen molar-refractivity contribution in [2.75, 3.05) is 13.1 Å². The van der Waals surface area contributed by atoms with E-state index < -0.39 is 0 Å². The van der Waals surface area contributed by atoms with Crippen LogP contribution in [0.4, 0.5) is 0 Å². The molecule has 0 aromatic carbocycles. The lowest BCUT2D eigenvalue weighted by Crippen LogP contribution is -2.40. The van der Waals surface area contributed by atoms with Gasteiger partial charge in [0.05, 0.1) is 17.7 Å². The number of carbonyl (C=O) groups excluding carboxylic acids is 1. The second-order valence-corrected chi connectivity index (χ2v) is 6.92. The highest BCUT2D eigenvalue weighted by atomic mass is 32.1. The highest BCUT2D eigenvalue weighted by molar-refractivity contribution is 7.07. The van der Waals surface area contributed by atoms with Gasteiger partial charge in [-0.15, -0.1) is 11.3 Å². The van der Waals surface area contributed by atoms with Crippen molar-refractivity contribution in [3.63, 3.8) is 0 Å². The zero-order chi connectivity index (χ0) is 17.1. The Morgan fingerprint density at radius 2 is 2.20 bits per heavy atom. The summed E-state index contributed by atoms with van der Waals surface area (Å²) in [6.45, 7) is 2.19. The number of likely N-dealkylation sites (tertiary alicyclic amines) is 1. The standard InChI is InChI=1S/C18H19N5OS/c24-18(16-5-1-2-6-19-16)23-8-3-4-14(10-23)17-20-7-9-22(17)11-15-12-25-13-21-15/h1-2,5-7,9,12-14H,3-4,8,10-11H2. The Morgan fingerprint density at radius 3 is 3.00 bits per heavy atom. The number of thiazole rings is 1. The number of carbonyl (C=O) groups is 1. The molecule has 0 radical (unpaired) electrons. The van der Waals surface area contributed by atoms with Gasteiger partial charge in [0.2, 0.25) is 0 Å². The van der Waals surface area contributed by atoms with Crippen LogP contribution >= 0.6 is 11.3 Å². The van der Waals surface area contributed by atoms with E-state index in [0.29, 0.717) is 12.2 Å². The first-order chi connectivity index (χ1) is 12.3. The molecule has 25 heavy (non-hydrogen) atoms. The molecule has 0 bridgehead atoms. The van der Waals surface area contributed by atoms with Gasteiger partial charge < -0.3 is 9.47 Å². The van der Waals surface area contributed by atoms with E-state index in [1.54, 1.807) is 23.6 Å². The number of hydrogen-bond acceptors (Lipinski definition) is 5. The summed E-state index contributed by atoms with van der Waals surface area (Å²) in [6, 6.07) is 5.45. The molecule has 1 aliphatic heterocycles. The van der Waals surface area contributed by atoms with E-state index in [1.165, 1.54) is 0 Å². The number of imidazole rings is 1. The molecule has 4 heterocycles. The molecule has 7 heteroatoms. The molecular formula is C18H19N5OS. The van der Waals surface area contributed by atoms with Gasteiger partial charge in [0.25, 0.3) is 5.91 Å². The van der Waals surface area contributed by atoms with Gasteiger partial charge >= 0.3 is 0 Å². The van der Waals surface area contributed by atoms with E-state index in [0.717, 1.165) is 37.4 Å². The minimum absolute atomic E-state index is 0.00269. The summed E-state index contributed by atoms with van der Waals surface area (Å²) in [4.78, 5) is 27.7. The summed E-state index contributed by atoms with van der Waals surface area (Å²) in [5, 5.41) is 2.06. The predicted octanol–water partition coefficient (Wildman–Crippen LogP) is 2.80. The smallest absolute Gasteiger partial charge is 0.272 e. The van der Waals surface area contributed by atoms with Crippen LogP contribution in [0.1, 0.15) is 40.8 Å². The van der Waals surface area contributed by atoms with Crippen LogP contribution < -0.4 is 0 Å². The van der Waals surface area contributed by atoms with Crippen LogP contribution in [0.2, 0.25) is 0 Å². The third-order valence-electron chi connectivity index (χ3n) is 4.52. The number of rotatable bonds is 4. The average molecular weight is 353 g/mol. The molecule has 0 spiro atoms. The van der Waals surface area contributed by atoms with Crippen molar-refractivity contribution < 1.29 is 4.79 Å². The number of aromatic nitrogens is 4. The van der Waals surface area contributed by atoms with Gasteiger partial charge in [0.1, 0.15) is 11.5 Å². The average Bonchev–Trinajstić information content (AvgIpc) is 3.34. The molecule has 3 aromatic heterocycles. The van der Waals surface area contributed by atoms with Gasteiger partial charge in [-0.1, -0.05) is 6.07 Å². The van der Waals surface area contributed by atoms with Gasteiger partial charge in [-0.2, -0.15) is 0 Å². The van der Waals surface area contributed by atoms with Crippen LogP contribution in [0.25, 0.3) is 0 Å². The summed E-state index contributed by atoms with van der Waals surface area (Å²) >= 11 is 1.60. The van der Waals surface area contributed by atoms with E-state index >= 15 is 0 Å². The van der Waals surface area contributed by atoms with Crippen LogP contribution in [-0.4, -0.2) is 43.4 Å². The number of nitrogens with zero attached hydrogens (tertiary/aromatic N) is 5. The predicted molar refractivity (Wildman–Crippen MR) is 95.6 cm³/mol. The monoisotopic (exact) mass is 353 g/mol. The molecule has 1 unspecified atom stereocenters. The molecule has 4 rings (SSSR count). The Morgan fingerprint density at radius 1 is 1.24 bits per heavy atom. The fourth-order valence-electron chi connectivity index (χ4n) is 3.33. The van der Waals surface area contributed by atoms with Gasteiger partial charge in [0.15, 0.2) is 0 Å². The molecule has 6 nitrogen and oxygen atoms in total. The molecule has 1 aliphatic rings. The molecule has 0 aliphatic carbocycles. The number of pyridine rings is 1. The Hall–Kier alpha value is -2.54. The lowest BCUT2D eigenvalue weighted by Gasteiger charge is -2.32. The normalized spacial score (nSPS) is 17.6. The molecule has 0 N–H and O–H groups in total. The third kappa shape index (κ3) is 3.46. The fraction of sp³-hybridized carbons (Fsp3) is 0.333. The first kappa shape index (κ1) is 16.0. The minimum Gasteiger partial charge on any atom is -0.337 e. The molecule has 3 aromatic rings. The molecule has 1 atom stereocenters. The molecule has 1 fully saturated rings. The minimum atomic E-state index is 0.00269. The lowest BCUT2D eigenvalue weighted by atomic mass is 9.96. The van der Waals surface area contributed by atoms with Crippen LogP contribution in [0.3, 0.4) is 0 Å². The molecule has 128 valence electrons. The van der Waals surface area contributed by atoms with Crippen molar-refractivity contribution in [3.8, 4) is 0 Å². The van der Waals surface area contributed by atoms with Gasteiger partial charge in [-0.25, -0.2) is 9.97 Å². The van der Waals surface area contributed by atoms with Crippen molar-refractivity contribution in [1.82, 2.24) is 24.4 Å². The van der Waals surface area contributed by atoms with Gasteiger partial charge in [0, 0.05) is 43.0 Å². The number of amides is 1. The van der Waals surface area contributed by atoms with E-state index in [2.05, 4.69) is 24.9 Å². The van der Waals surface area contributed by atoms with Crippen LogP contribution in [0, 0.1) is 0 Å². The molecule has 1 amide bonds. The SMILES string of the molecule is O=C(c1ccccn1)N1CCCC(c2nccn2Cc2cscn2)C1. The highest BCUT2D eigenvalue weighted by Crippen LogP contribution is 2.27. The maximum Gasteiger partial charge on any atom is 0.272 e. The lowest BCUT2D eigenvalue weighted by molar-refractivity contribution is 0.0697. The second-order valence-electron chi connectivity index (χ2n) is 6.20.